The lowest BCUT2D eigenvalue weighted by Gasteiger charge is -2.22. The van der Waals surface area contributed by atoms with Crippen molar-refractivity contribution in [3.05, 3.63) is 58.6 Å². The third-order valence-corrected chi connectivity index (χ3v) is 3.58. The zero-order chi connectivity index (χ0) is 16.7. The molecule has 120 valence electrons. The van der Waals surface area contributed by atoms with E-state index in [-0.39, 0.29) is 24.8 Å². The number of hydrogen-bond donors (Lipinski definition) is 0. The molecular weight excluding hydrogens is 362 g/mol. The zero-order valence-corrected chi connectivity index (χ0v) is 14.2. The molecule has 0 atom stereocenters. The van der Waals surface area contributed by atoms with Gasteiger partial charge in [-0.05, 0) is 33.6 Å². The van der Waals surface area contributed by atoms with E-state index < -0.39 is 0 Å². The first-order valence-corrected chi connectivity index (χ1v) is 7.75. The van der Waals surface area contributed by atoms with E-state index in [1.54, 1.807) is 35.6 Å². The molecule has 0 spiro atoms. The van der Waals surface area contributed by atoms with Crippen molar-refractivity contribution in [2.45, 2.75) is 13.0 Å². The third kappa shape index (κ3) is 5.14. The van der Waals surface area contributed by atoms with Gasteiger partial charge in [-0.25, -0.2) is 0 Å². The topological polar surface area (TPSA) is 72.4 Å². The first-order chi connectivity index (χ1) is 11.1. The number of ether oxygens (including phenoxy) is 1. The maximum absolute atomic E-state index is 12.7. The number of amides is 1. The predicted octanol–water partition coefficient (Wildman–Crippen LogP) is 2.44. The number of halogens is 1. The predicted molar refractivity (Wildman–Crippen MR) is 87.5 cm³/mol. The number of methoxy groups -OCH3 is 1. The molecule has 1 amide bonds. The van der Waals surface area contributed by atoms with Crippen molar-refractivity contribution < 1.29 is 14.3 Å². The van der Waals surface area contributed by atoms with Crippen molar-refractivity contribution in [3.63, 3.8) is 0 Å². The van der Waals surface area contributed by atoms with Crippen LogP contribution in [0.3, 0.4) is 0 Å². The summed E-state index contributed by atoms with van der Waals surface area (Å²) in [5.41, 5.74) is 1.34. The van der Waals surface area contributed by atoms with Crippen LogP contribution < -0.4 is 0 Å². The van der Waals surface area contributed by atoms with Gasteiger partial charge < -0.3 is 9.64 Å². The van der Waals surface area contributed by atoms with Crippen molar-refractivity contribution >= 4 is 27.8 Å². The molecule has 0 saturated carbocycles. The lowest BCUT2D eigenvalue weighted by molar-refractivity contribution is -0.140. The Bertz CT molecular complexity index is 679. The molecule has 6 nitrogen and oxygen atoms in total. The number of esters is 1. The van der Waals surface area contributed by atoms with Crippen LogP contribution in [0.15, 0.2) is 47.5 Å². The van der Waals surface area contributed by atoms with E-state index in [1.807, 2.05) is 6.07 Å². The Kier molecular flexibility index (Phi) is 6.22. The van der Waals surface area contributed by atoms with Crippen molar-refractivity contribution in [3.8, 4) is 0 Å². The summed E-state index contributed by atoms with van der Waals surface area (Å²) in [6, 6.07) is 5.38. The van der Waals surface area contributed by atoms with Crippen molar-refractivity contribution in [1.82, 2.24) is 14.9 Å². The monoisotopic (exact) mass is 377 g/mol. The Balaban J connectivity index is 2.17. The normalized spacial score (nSPS) is 10.2. The van der Waals surface area contributed by atoms with Gasteiger partial charge in [-0.1, -0.05) is 6.07 Å². The lowest BCUT2D eigenvalue weighted by Crippen LogP contribution is -2.33. The third-order valence-electron chi connectivity index (χ3n) is 3.15. The van der Waals surface area contributed by atoms with Crippen molar-refractivity contribution in [1.29, 1.82) is 0 Å². The van der Waals surface area contributed by atoms with Crippen LogP contribution in [-0.2, 0) is 16.1 Å². The molecule has 0 aliphatic rings. The van der Waals surface area contributed by atoms with Crippen LogP contribution in [0.1, 0.15) is 22.3 Å². The van der Waals surface area contributed by atoms with Crippen LogP contribution >= 0.6 is 15.9 Å². The van der Waals surface area contributed by atoms with E-state index in [0.717, 1.165) is 10.0 Å². The maximum Gasteiger partial charge on any atom is 0.307 e. The van der Waals surface area contributed by atoms with Gasteiger partial charge in [0.1, 0.15) is 0 Å². The minimum absolute atomic E-state index is 0.129. The van der Waals surface area contributed by atoms with Crippen LogP contribution in [0.2, 0.25) is 0 Å². The van der Waals surface area contributed by atoms with E-state index in [9.17, 15) is 9.59 Å². The molecule has 0 aromatic carbocycles. The minimum atomic E-state index is -0.360. The van der Waals surface area contributed by atoms with Crippen LogP contribution in [-0.4, -0.2) is 40.4 Å². The molecule has 2 aromatic heterocycles. The van der Waals surface area contributed by atoms with Gasteiger partial charge in [0.05, 0.1) is 19.1 Å². The van der Waals surface area contributed by atoms with E-state index in [2.05, 4.69) is 30.6 Å². The number of aromatic nitrogens is 2. The second-order valence-electron chi connectivity index (χ2n) is 4.81. The summed E-state index contributed by atoms with van der Waals surface area (Å²) < 4.78 is 5.37. The zero-order valence-electron chi connectivity index (χ0n) is 12.6. The second kappa shape index (κ2) is 8.38. The van der Waals surface area contributed by atoms with Gasteiger partial charge in [-0.2, -0.15) is 0 Å². The molecule has 0 unspecified atom stereocenters. The van der Waals surface area contributed by atoms with Crippen molar-refractivity contribution in [2.75, 3.05) is 13.7 Å². The van der Waals surface area contributed by atoms with E-state index in [4.69, 9.17) is 0 Å². The fraction of sp³-hybridized carbons (Fsp3) is 0.250. The highest BCUT2D eigenvalue weighted by Crippen LogP contribution is 2.14. The highest BCUT2D eigenvalue weighted by molar-refractivity contribution is 9.10. The van der Waals surface area contributed by atoms with Crippen LogP contribution in [0.5, 0.6) is 0 Å². The molecule has 2 aromatic rings. The number of nitrogens with zero attached hydrogens (tertiary/aromatic N) is 3. The van der Waals surface area contributed by atoms with Gasteiger partial charge in [-0.15, -0.1) is 0 Å². The Morgan fingerprint density at radius 1 is 1.26 bits per heavy atom. The summed E-state index contributed by atoms with van der Waals surface area (Å²) in [6.45, 7) is 0.614. The Labute approximate surface area is 142 Å². The Morgan fingerprint density at radius 2 is 2.09 bits per heavy atom. The fourth-order valence-corrected chi connectivity index (χ4v) is 2.37. The largest absolute Gasteiger partial charge is 0.469 e. The van der Waals surface area contributed by atoms with Gasteiger partial charge in [0.25, 0.3) is 5.91 Å². The summed E-state index contributed by atoms with van der Waals surface area (Å²) in [4.78, 5) is 33.7. The number of carbonyl (C=O) groups is 2. The van der Waals surface area contributed by atoms with Gasteiger partial charge in [0.15, 0.2) is 0 Å². The standard InChI is InChI=1S/C16H16BrN3O3/c1-23-15(21)4-6-20(11-12-3-2-5-18-8-12)16(22)13-7-14(17)10-19-9-13/h2-3,5,7-10H,4,6,11H2,1H3. The van der Waals surface area contributed by atoms with Crippen LogP contribution in [0.4, 0.5) is 0 Å². The smallest absolute Gasteiger partial charge is 0.307 e. The first-order valence-electron chi connectivity index (χ1n) is 6.95. The molecular formula is C16H16BrN3O3. The molecule has 2 rings (SSSR count). The second-order valence-corrected chi connectivity index (χ2v) is 5.72. The summed E-state index contributed by atoms with van der Waals surface area (Å²) in [6.07, 6.45) is 6.60. The first kappa shape index (κ1) is 17.1. The van der Waals surface area contributed by atoms with Gasteiger partial charge in [0.2, 0.25) is 0 Å². The molecule has 0 saturated heterocycles. The van der Waals surface area contributed by atoms with E-state index >= 15 is 0 Å². The maximum atomic E-state index is 12.7. The Morgan fingerprint density at radius 3 is 2.74 bits per heavy atom. The molecule has 0 bridgehead atoms. The van der Waals surface area contributed by atoms with Crippen molar-refractivity contribution in [2.24, 2.45) is 0 Å². The van der Waals surface area contributed by atoms with E-state index in [0.29, 0.717) is 12.1 Å². The molecule has 2 heterocycles. The summed E-state index contributed by atoms with van der Waals surface area (Å²) in [5, 5.41) is 0. The number of carbonyl (C=O) groups excluding carboxylic acids is 2. The average molecular weight is 378 g/mol. The highest BCUT2D eigenvalue weighted by Gasteiger charge is 2.18. The average Bonchev–Trinajstić information content (AvgIpc) is 2.58. The van der Waals surface area contributed by atoms with Gasteiger partial charge >= 0.3 is 5.97 Å². The van der Waals surface area contributed by atoms with Gasteiger partial charge in [0, 0.05) is 42.3 Å². The van der Waals surface area contributed by atoms with Crippen LogP contribution in [0.25, 0.3) is 0 Å². The molecule has 23 heavy (non-hydrogen) atoms. The summed E-state index contributed by atoms with van der Waals surface area (Å²) in [7, 11) is 1.33. The van der Waals surface area contributed by atoms with E-state index in [1.165, 1.54) is 13.3 Å². The lowest BCUT2D eigenvalue weighted by atomic mass is 10.2. The minimum Gasteiger partial charge on any atom is -0.469 e. The fourth-order valence-electron chi connectivity index (χ4n) is 2.00. The van der Waals surface area contributed by atoms with Gasteiger partial charge in [-0.3, -0.25) is 19.6 Å². The Hall–Kier alpha value is -2.28. The number of rotatable bonds is 6. The number of hydrogen-bond acceptors (Lipinski definition) is 5. The molecule has 0 radical (unpaired) electrons. The SMILES string of the molecule is COC(=O)CCN(Cc1cccnc1)C(=O)c1cncc(Br)c1. The molecule has 0 fully saturated rings. The van der Waals surface area contributed by atoms with Crippen LogP contribution in [0, 0.1) is 0 Å². The summed E-state index contributed by atoms with van der Waals surface area (Å²) >= 11 is 3.30. The molecule has 0 aliphatic heterocycles. The quantitative estimate of drug-likeness (QED) is 0.722. The highest BCUT2D eigenvalue weighted by atomic mass is 79.9. The summed E-state index contributed by atoms with van der Waals surface area (Å²) in [5.74, 6) is -0.562. The number of pyridine rings is 2. The molecule has 0 N–H and O–H groups in total. The molecule has 7 heteroatoms. The molecule has 0 aliphatic carbocycles.